The first kappa shape index (κ1) is 36.5. The normalized spacial score (nSPS) is 17.6. The molecule has 5 heterocycles. The molecule has 0 aliphatic carbocycles. The van der Waals surface area contributed by atoms with Crippen molar-refractivity contribution in [1.29, 1.82) is 5.41 Å². The number of rotatable bonds is 13. The number of nitrogens with zero attached hydrogens (tertiary/aromatic N) is 5. The molecule has 2 aliphatic heterocycles. The van der Waals surface area contributed by atoms with Gasteiger partial charge in [-0.2, -0.15) is 0 Å². The summed E-state index contributed by atoms with van der Waals surface area (Å²) in [6.07, 6.45) is 4.93. The summed E-state index contributed by atoms with van der Waals surface area (Å²) in [5.41, 5.74) is 10.5. The molecule has 1 saturated heterocycles. The van der Waals surface area contributed by atoms with Crippen molar-refractivity contribution in [3.63, 3.8) is 0 Å². The quantitative estimate of drug-likeness (QED) is 0.0504. The number of hydrogen-bond acceptors (Lipinski definition) is 12. The summed E-state index contributed by atoms with van der Waals surface area (Å²) >= 11 is 8.38. The topological polar surface area (TPSA) is 234 Å². The standard InChI is InChI=1S/C33H30ClFN8O7S2/c1-33(2,31(48)49)50-40-23(24-26(34)52-32(38)39-24)22(44)10-19-28(45)43-25(30(46)47)18(14-51-29(19)43)12-41-7-6-21-17(11-41)5-8-42(21)13-16-4-3-15(27(36)37)9-20(16)35/h3-9,11,19,29H,10,12-14H2,1-2H3,(H6-,36,37,38,39,46,47,48,49)/b40-23+/t19-,29-/m1/s1. The zero-order chi connectivity index (χ0) is 37.6. The maximum Gasteiger partial charge on any atom is 0.350 e. The lowest BCUT2D eigenvalue weighted by molar-refractivity contribution is -0.687. The largest absolute Gasteiger partial charge is 0.543 e. The number of pyridine rings is 1. The third kappa shape index (κ3) is 6.96. The molecule has 52 heavy (non-hydrogen) atoms. The molecule has 0 spiro atoms. The van der Waals surface area contributed by atoms with E-state index >= 15 is 0 Å². The molecule has 19 heteroatoms. The molecule has 15 nitrogen and oxygen atoms in total. The number of ketones is 1. The molecule has 1 amide bonds. The van der Waals surface area contributed by atoms with E-state index in [1.54, 1.807) is 29.1 Å². The van der Waals surface area contributed by atoms with E-state index in [4.69, 9.17) is 33.3 Å². The van der Waals surface area contributed by atoms with Crippen molar-refractivity contribution >= 4 is 85.9 Å². The Kier molecular flexibility index (Phi) is 9.82. The van der Waals surface area contributed by atoms with Gasteiger partial charge in [0, 0.05) is 41.1 Å². The molecule has 1 aromatic carbocycles. The van der Waals surface area contributed by atoms with Crippen molar-refractivity contribution in [2.24, 2.45) is 16.8 Å². The average molecular weight is 769 g/mol. The second-order valence-corrected chi connectivity index (χ2v) is 15.3. The first-order valence-corrected chi connectivity index (χ1v) is 17.7. The predicted octanol–water partition coefficient (Wildman–Crippen LogP) is 1.87. The number of nitrogens with two attached hydrogens (primary N) is 2. The van der Waals surface area contributed by atoms with Gasteiger partial charge >= 0.3 is 5.97 Å². The van der Waals surface area contributed by atoms with Crippen LogP contribution in [-0.4, -0.2) is 71.5 Å². The van der Waals surface area contributed by atoms with Crippen LogP contribution in [-0.2, 0) is 37.1 Å². The van der Waals surface area contributed by atoms with Crippen molar-refractivity contribution in [2.75, 3.05) is 11.5 Å². The number of aromatic nitrogens is 3. The number of carboxylic acids is 2. The minimum absolute atomic E-state index is 0.00309. The predicted molar refractivity (Wildman–Crippen MR) is 188 cm³/mol. The molecule has 2 atom stereocenters. The minimum Gasteiger partial charge on any atom is -0.543 e. The van der Waals surface area contributed by atoms with E-state index in [9.17, 15) is 33.8 Å². The SMILES string of the molecule is CC(C)(O/N=C(\C(=O)C[C@@H]1C(=O)N2C(C(=O)[O-])=C(C[n+]3ccc4c(ccn4Cc4ccc(C(=N)N)cc4F)c3)CS[C@H]12)c1nc(N)sc1Cl)C(=O)O. The molecule has 2 aliphatic rings. The number of carbonyl (C=O) groups is 4. The van der Waals surface area contributed by atoms with Gasteiger partial charge in [0.15, 0.2) is 35.6 Å². The number of fused-ring (bicyclic) bond motifs is 2. The van der Waals surface area contributed by atoms with Crippen LogP contribution in [0.4, 0.5) is 9.52 Å². The molecule has 0 bridgehead atoms. The fourth-order valence-corrected chi connectivity index (χ4v) is 8.12. The number of Topliss-reactive ketones (excluding diaryl/α,β-unsaturated/α-hetero) is 1. The summed E-state index contributed by atoms with van der Waals surface area (Å²) in [6.45, 7) is 2.80. The van der Waals surface area contributed by atoms with Crippen molar-refractivity contribution in [3.05, 3.63) is 87.2 Å². The van der Waals surface area contributed by atoms with Crippen LogP contribution in [0.2, 0.25) is 4.34 Å². The zero-order valence-corrected chi connectivity index (χ0v) is 29.9. The van der Waals surface area contributed by atoms with Crippen LogP contribution in [0.3, 0.4) is 0 Å². The highest BCUT2D eigenvalue weighted by Gasteiger charge is 2.53. The number of anilines is 1. The van der Waals surface area contributed by atoms with E-state index < -0.39 is 58.5 Å². The van der Waals surface area contributed by atoms with Crippen LogP contribution in [0.5, 0.6) is 0 Å². The van der Waals surface area contributed by atoms with Gasteiger partial charge in [-0.25, -0.2) is 18.7 Å². The van der Waals surface area contributed by atoms with Crippen molar-refractivity contribution in [1.82, 2.24) is 14.5 Å². The first-order chi connectivity index (χ1) is 24.5. The van der Waals surface area contributed by atoms with Crippen molar-refractivity contribution < 1.29 is 43.2 Å². The highest BCUT2D eigenvalue weighted by atomic mass is 35.5. The van der Waals surface area contributed by atoms with Gasteiger partial charge < -0.3 is 35.9 Å². The van der Waals surface area contributed by atoms with Gasteiger partial charge in [0.1, 0.15) is 21.7 Å². The summed E-state index contributed by atoms with van der Waals surface area (Å²) in [5.74, 6) is -5.67. The van der Waals surface area contributed by atoms with Crippen LogP contribution < -0.4 is 21.1 Å². The van der Waals surface area contributed by atoms with Gasteiger partial charge in [-0.05, 0) is 26.0 Å². The number of amidine groups is 1. The molecule has 0 radical (unpaired) electrons. The van der Waals surface area contributed by atoms with Crippen LogP contribution >= 0.6 is 34.7 Å². The Morgan fingerprint density at radius 2 is 2.04 bits per heavy atom. The Hall–Kier alpha value is -5.33. The molecule has 1 fully saturated rings. The number of benzene rings is 1. The number of β-lactam (4-membered cyclic amide) rings is 1. The molecule has 270 valence electrons. The van der Waals surface area contributed by atoms with E-state index in [1.165, 1.54) is 31.7 Å². The molecule has 3 aromatic heterocycles. The number of halogens is 2. The monoisotopic (exact) mass is 768 g/mol. The number of thioether (sulfide) groups is 1. The van der Waals surface area contributed by atoms with Gasteiger partial charge in [-0.1, -0.05) is 40.2 Å². The number of thiazole rings is 1. The number of nitrogen functional groups attached to an aromatic ring is 2. The van der Waals surface area contributed by atoms with Crippen molar-refractivity contribution in [2.45, 2.75) is 44.3 Å². The lowest BCUT2D eigenvalue weighted by Crippen LogP contribution is -2.63. The van der Waals surface area contributed by atoms with E-state index in [0.717, 1.165) is 27.1 Å². The van der Waals surface area contributed by atoms with Gasteiger partial charge in [0.05, 0.1) is 40.4 Å². The van der Waals surface area contributed by atoms with Gasteiger partial charge in [0.2, 0.25) is 11.5 Å². The Balaban J connectivity index is 1.19. The molecule has 4 aromatic rings. The molecule has 0 unspecified atom stereocenters. The second kappa shape index (κ2) is 14.0. The number of hydrogen-bond donors (Lipinski definition) is 4. The fraction of sp³-hybridized carbons (Fsp3) is 0.273. The number of nitrogens with one attached hydrogen (secondary N) is 1. The highest BCUT2D eigenvalue weighted by Crippen LogP contribution is 2.45. The van der Waals surface area contributed by atoms with Gasteiger partial charge in [-0.3, -0.25) is 19.9 Å². The summed E-state index contributed by atoms with van der Waals surface area (Å²) in [4.78, 5) is 61.3. The van der Waals surface area contributed by atoms with Crippen LogP contribution in [0, 0.1) is 17.1 Å². The Morgan fingerprint density at radius 3 is 2.67 bits per heavy atom. The number of carboxylic acid groups (broad SMARTS) is 2. The number of amides is 1. The maximum absolute atomic E-state index is 14.7. The van der Waals surface area contributed by atoms with Crippen LogP contribution in [0.1, 0.15) is 37.1 Å². The lowest BCUT2D eigenvalue weighted by Gasteiger charge is -2.50. The summed E-state index contributed by atoms with van der Waals surface area (Å²) in [7, 11) is 0. The van der Waals surface area contributed by atoms with E-state index in [-0.39, 0.29) is 51.1 Å². The lowest BCUT2D eigenvalue weighted by atomic mass is 9.89. The first-order valence-electron chi connectivity index (χ1n) is 15.5. The van der Waals surface area contributed by atoms with Gasteiger partial charge in [0.25, 0.3) is 0 Å². The smallest absolute Gasteiger partial charge is 0.350 e. The third-order valence-electron chi connectivity index (χ3n) is 8.57. The van der Waals surface area contributed by atoms with Crippen molar-refractivity contribution in [3.8, 4) is 0 Å². The molecule has 6 rings (SSSR count). The molecular weight excluding hydrogens is 739 g/mol. The zero-order valence-electron chi connectivity index (χ0n) is 27.5. The average Bonchev–Trinajstić information content (AvgIpc) is 3.64. The molecule has 0 saturated carbocycles. The van der Waals surface area contributed by atoms with E-state index in [2.05, 4.69) is 10.1 Å². The summed E-state index contributed by atoms with van der Waals surface area (Å²) in [5, 5.41) is 33.3. The van der Waals surface area contributed by atoms with E-state index in [1.807, 2.05) is 22.9 Å². The van der Waals surface area contributed by atoms with Gasteiger partial charge in [-0.15, -0.1) is 11.8 Å². The fourth-order valence-electron chi connectivity index (χ4n) is 5.79. The number of oxime groups is 1. The maximum atomic E-state index is 14.7. The number of aliphatic carboxylic acids is 2. The van der Waals surface area contributed by atoms with E-state index in [0.29, 0.717) is 11.1 Å². The number of carbonyl (C=O) groups excluding carboxylic acids is 3. The Labute approximate surface area is 307 Å². The molecular formula is C33H30ClFN8O7S2. The Morgan fingerprint density at radius 1 is 1.29 bits per heavy atom. The molecule has 6 N–H and O–H groups in total. The minimum atomic E-state index is -1.82. The van der Waals surface area contributed by atoms with Crippen LogP contribution in [0.15, 0.2) is 65.3 Å². The summed E-state index contributed by atoms with van der Waals surface area (Å²) < 4.78 is 18.3. The third-order valence-corrected chi connectivity index (χ3v) is 11.1. The Bertz CT molecular complexity index is 2250. The summed E-state index contributed by atoms with van der Waals surface area (Å²) in [6, 6.07) is 8.04. The second-order valence-electron chi connectivity index (χ2n) is 12.5. The van der Waals surface area contributed by atoms with Crippen LogP contribution in [0.25, 0.3) is 10.9 Å². The highest BCUT2D eigenvalue weighted by molar-refractivity contribution is 8.00.